The Bertz CT molecular complexity index is 1140. The number of amides is 1. The van der Waals surface area contributed by atoms with E-state index in [4.69, 9.17) is 5.73 Å². The van der Waals surface area contributed by atoms with Crippen LogP contribution in [0.15, 0.2) is 48.8 Å². The lowest BCUT2D eigenvalue weighted by Gasteiger charge is -2.08. The standard InChI is InChI=1S/C24H30N6O4/c1-3-17-5-7-18(8-6-17)19-14-29(15-20(19)24(32)27-13-16(2)31)12-4-11-26-22-10-9-21(30(33)34)23(25)28-22/h5-10,14-16,31H,3-4,11-13H2,1-2H3,(H,27,32)(H3,25,26,28)/t16-/m0/s1. The summed E-state index contributed by atoms with van der Waals surface area (Å²) in [6.07, 6.45) is 4.77. The number of nitrogens with one attached hydrogen (secondary N) is 2. The van der Waals surface area contributed by atoms with E-state index in [0.717, 1.165) is 24.0 Å². The second-order valence-electron chi connectivity index (χ2n) is 8.07. The fourth-order valence-electron chi connectivity index (χ4n) is 3.50. The van der Waals surface area contributed by atoms with E-state index >= 15 is 0 Å². The van der Waals surface area contributed by atoms with Crippen molar-refractivity contribution in [1.82, 2.24) is 14.9 Å². The average molecular weight is 467 g/mol. The number of nitrogens with two attached hydrogens (primary N) is 1. The van der Waals surface area contributed by atoms with E-state index < -0.39 is 11.0 Å². The lowest BCUT2D eigenvalue weighted by atomic mass is 10.0. The molecule has 0 unspecified atom stereocenters. The molecule has 1 aromatic carbocycles. The molecule has 180 valence electrons. The van der Waals surface area contributed by atoms with Crippen molar-refractivity contribution in [2.75, 3.05) is 24.1 Å². The molecule has 2 heterocycles. The minimum absolute atomic E-state index is 0.132. The van der Waals surface area contributed by atoms with Gasteiger partial charge in [-0.15, -0.1) is 0 Å². The molecule has 1 amide bonds. The van der Waals surface area contributed by atoms with Crippen LogP contribution in [0, 0.1) is 10.1 Å². The predicted octanol–water partition coefficient (Wildman–Crippen LogP) is 3.22. The number of pyridine rings is 1. The first-order valence-electron chi connectivity index (χ1n) is 11.2. The Morgan fingerprint density at radius 3 is 2.59 bits per heavy atom. The van der Waals surface area contributed by atoms with Crippen molar-refractivity contribution >= 4 is 23.2 Å². The highest BCUT2D eigenvalue weighted by Gasteiger charge is 2.17. The summed E-state index contributed by atoms with van der Waals surface area (Å²) in [5.41, 5.74) is 8.94. The molecule has 10 nitrogen and oxygen atoms in total. The first kappa shape index (κ1) is 24.7. The third-order valence-electron chi connectivity index (χ3n) is 5.35. The minimum Gasteiger partial charge on any atom is -0.392 e. The fraction of sp³-hybridized carbons (Fsp3) is 0.333. The number of rotatable bonds is 11. The maximum absolute atomic E-state index is 12.8. The van der Waals surface area contributed by atoms with Gasteiger partial charge in [0.2, 0.25) is 5.82 Å². The topological polar surface area (TPSA) is 148 Å². The van der Waals surface area contributed by atoms with Crippen LogP contribution < -0.4 is 16.4 Å². The molecule has 0 spiro atoms. The lowest BCUT2D eigenvalue weighted by Crippen LogP contribution is -2.30. The van der Waals surface area contributed by atoms with Crippen molar-refractivity contribution in [2.45, 2.75) is 39.3 Å². The van der Waals surface area contributed by atoms with E-state index in [1.807, 2.05) is 29.1 Å². The fourth-order valence-corrected chi connectivity index (χ4v) is 3.50. The maximum Gasteiger partial charge on any atom is 0.311 e. The number of anilines is 2. The number of hydrogen-bond donors (Lipinski definition) is 4. The van der Waals surface area contributed by atoms with Crippen LogP contribution in [0.4, 0.5) is 17.3 Å². The van der Waals surface area contributed by atoms with Crippen LogP contribution in [-0.4, -0.2) is 44.7 Å². The van der Waals surface area contributed by atoms with Crippen molar-refractivity contribution in [3.05, 3.63) is 70.0 Å². The molecule has 2 aromatic heterocycles. The zero-order valence-electron chi connectivity index (χ0n) is 19.3. The number of carbonyl (C=O) groups excluding carboxylic acids is 1. The number of aryl methyl sites for hydroxylation is 2. The molecule has 10 heteroatoms. The molecule has 0 saturated heterocycles. The Balaban J connectivity index is 1.69. The van der Waals surface area contributed by atoms with Crippen molar-refractivity contribution in [3.63, 3.8) is 0 Å². The van der Waals surface area contributed by atoms with E-state index in [2.05, 4.69) is 34.7 Å². The summed E-state index contributed by atoms with van der Waals surface area (Å²) in [6, 6.07) is 11.0. The number of aliphatic hydroxyl groups excluding tert-OH is 1. The molecule has 0 aliphatic rings. The second-order valence-corrected chi connectivity index (χ2v) is 8.07. The van der Waals surface area contributed by atoms with Gasteiger partial charge in [0.25, 0.3) is 5.91 Å². The van der Waals surface area contributed by atoms with Gasteiger partial charge in [-0.3, -0.25) is 14.9 Å². The van der Waals surface area contributed by atoms with Gasteiger partial charge in [-0.2, -0.15) is 0 Å². The molecule has 0 bridgehead atoms. The Hall–Kier alpha value is -3.92. The number of nitrogen functional groups attached to an aromatic ring is 1. The summed E-state index contributed by atoms with van der Waals surface area (Å²) in [5.74, 6) is 0.0930. The summed E-state index contributed by atoms with van der Waals surface area (Å²) >= 11 is 0. The van der Waals surface area contributed by atoms with E-state index in [0.29, 0.717) is 24.5 Å². The molecule has 5 N–H and O–H groups in total. The maximum atomic E-state index is 12.8. The number of nitrogens with zero attached hydrogens (tertiary/aromatic N) is 3. The number of benzene rings is 1. The minimum atomic E-state index is -0.633. The van der Waals surface area contributed by atoms with Crippen LogP contribution in [-0.2, 0) is 13.0 Å². The molecular weight excluding hydrogens is 436 g/mol. The van der Waals surface area contributed by atoms with Gasteiger partial charge in [-0.05, 0) is 37.0 Å². The first-order valence-corrected chi connectivity index (χ1v) is 11.2. The van der Waals surface area contributed by atoms with Gasteiger partial charge in [0, 0.05) is 43.7 Å². The predicted molar refractivity (Wildman–Crippen MR) is 132 cm³/mol. The monoisotopic (exact) mass is 466 g/mol. The molecule has 1 atom stereocenters. The molecular formula is C24H30N6O4. The van der Waals surface area contributed by atoms with Crippen LogP contribution in [0.5, 0.6) is 0 Å². The van der Waals surface area contributed by atoms with Crippen LogP contribution in [0.2, 0.25) is 0 Å². The average Bonchev–Trinajstić information content (AvgIpc) is 3.24. The zero-order valence-corrected chi connectivity index (χ0v) is 19.3. The van der Waals surface area contributed by atoms with Gasteiger partial charge in [0.05, 0.1) is 16.6 Å². The van der Waals surface area contributed by atoms with Gasteiger partial charge in [0.1, 0.15) is 5.82 Å². The molecule has 0 fully saturated rings. The number of hydrogen-bond acceptors (Lipinski definition) is 7. The molecule has 3 rings (SSSR count). The quantitative estimate of drug-likeness (QED) is 0.193. The van der Waals surface area contributed by atoms with Gasteiger partial charge in [-0.1, -0.05) is 31.2 Å². The summed E-state index contributed by atoms with van der Waals surface area (Å²) in [5, 5.41) is 26.3. The molecule has 3 aromatic rings. The Labute approximate surface area is 198 Å². The van der Waals surface area contributed by atoms with Gasteiger partial charge in [-0.25, -0.2) is 4.98 Å². The second kappa shape index (κ2) is 11.3. The summed E-state index contributed by atoms with van der Waals surface area (Å²) < 4.78 is 1.96. The van der Waals surface area contributed by atoms with E-state index in [1.54, 1.807) is 6.92 Å². The molecule has 0 aliphatic heterocycles. The Morgan fingerprint density at radius 1 is 1.24 bits per heavy atom. The number of nitro groups is 1. The SMILES string of the molecule is CCc1ccc(-c2cn(CCCNc3ccc([N+](=O)[O-])c(N)n3)cc2C(=O)NC[C@H](C)O)cc1. The number of carbonyl (C=O) groups is 1. The number of aromatic nitrogens is 2. The van der Waals surface area contributed by atoms with E-state index in [-0.39, 0.29) is 24.0 Å². The van der Waals surface area contributed by atoms with Crippen molar-refractivity contribution in [1.29, 1.82) is 0 Å². The van der Waals surface area contributed by atoms with Crippen LogP contribution in [0.25, 0.3) is 11.1 Å². The van der Waals surface area contributed by atoms with Gasteiger partial charge < -0.3 is 26.0 Å². The normalized spacial score (nSPS) is 11.7. The summed E-state index contributed by atoms with van der Waals surface area (Å²) in [4.78, 5) is 27.1. The van der Waals surface area contributed by atoms with Crippen molar-refractivity contribution in [2.24, 2.45) is 0 Å². The number of aliphatic hydroxyl groups is 1. The highest BCUT2D eigenvalue weighted by atomic mass is 16.6. The molecule has 0 aliphatic carbocycles. The van der Waals surface area contributed by atoms with Crippen molar-refractivity contribution in [3.8, 4) is 11.1 Å². The third-order valence-corrected chi connectivity index (χ3v) is 5.35. The Morgan fingerprint density at radius 2 is 1.97 bits per heavy atom. The van der Waals surface area contributed by atoms with Gasteiger partial charge in [0.15, 0.2) is 0 Å². The Kier molecular flexibility index (Phi) is 8.20. The van der Waals surface area contributed by atoms with Gasteiger partial charge >= 0.3 is 5.69 Å². The van der Waals surface area contributed by atoms with E-state index in [1.165, 1.54) is 17.7 Å². The lowest BCUT2D eigenvalue weighted by molar-refractivity contribution is -0.384. The zero-order chi connectivity index (χ0) is 24.7. The first-order chi connectivity index (χ1) is 16.3. The summed E-state index contributed by atoms with van der Waals surface area (Å²) in [6.45, 7) is 5.09. The third kappa shape index (κ3) is 6.32. The van der Waals surface area contributed by atoms with Crippen molar-refractivity contribution < 1.29 is 14.8 Å². The van der Waals surface area contributed by atoms with E-state index in [9.17, 15) is 20.0 Å². The summed E-state index contributed by atoms with van der Waals surface area (Å²) in [7, 11) is 0. The molecule has 0 radical (unpaired) electrons. The smallest absolute Gasteiger partial charge is 0.311 e. The van der Waals surface area contributed by atoms with Crippen LogP contribution >= 0.6 is 0 Å². The highest BCUT2D eigenvalue weighted by molar-refractivity contribution is 6.00. The highest BCUT2D eigenvalue weighted by Crippen LogP contribution is 2.26. The van der Waals surface area contributed by atoms with Crippen LogP contribution in [0.3, 0.4) is 0 Å². The largest absolute Gasteiger partial charge is 0.392 e. The van der Waals surface area contributed by atoms with Crippen LogP contribution in [0.1, 0.15) is 36.2 Å². The molecule has 34 heavy (non-hydrogen) atoms. The molecule has 0 saturated carbocycles.